The van der Waals surface area contributed by atoms with Crippen molar-refractivity contribution in [1.82, 2.24) is 15.5 Å². The van der Waals surface area contributed by atoms with Crippen LogP contribution in [0.4, 0.5) is 0 Å². The van der Waals surface area contributed by atoms with Crippen LogP contribution in [-0.2, 0) is 14.8 Å². The summed E-state index contributed by atoms with van der Waals surface area (Å²) in [5, 5.41) is 5.84. The van der Waals surface area contributed by atoms with Crippen molar-refractivity contribution in [2.45, 2.75) is 13.0 Å². The quantitative estimate of drug-likeness (QED) is 0.732. The normalized spacial score (nSPS) is 20.6. The van der Waals surface area contributed by atoms with Gasteiger partial charge in [-0.05, 0) is 26.1 Å². The Morgan fingerprint density at radius 2 is 2.19 bits per heavy atom. The molecule has 0 aromatic carbocycles. The Bertz CT molecular complexity index is 598. The molecule has 2 rings (SSSR count). The standard InChI is InChI=1S/C12H18N4O3S.ClH/c1-9(13-2)7-14-12(17)10-3-4-11-15-20(18,19)6-5-16(11)8-10;/h3-4,8-9,13H,5-7H2,1-2H3,(H,14,17);1H. The molecule has 2 N–H and O–H groups in total. The van der Waals surface area contributed by atoms with Gasteiger partial charge in [0.1, 0.15) is 5.84 Å². The van der Waals surface area contributed by atoms with E-state index in [0.29, 0.717) is 24.5 Å². The Labute approximate surface area is 130 Å². The van der Waals surface area contributed by atoms with Crippen molar-refractivity contribution in [2.75, 3.05) is 25.9 Å². The molecule has 0 saturated carbocycles. The summed E-state index contributed by atoms with van der Waals surface area (Å²) in [5.74, 6) is 0.138. The van der Waals surface area contributed by atoms with Crippen molar-refractivity contribution in [3.05, 3.63) is 23.9 Å². The molecule has 9 heteroatoms. The van der Waals surface area contributed by atoms with Gasteiger partial charge in [0.2, 0.25) is 0 Å². The number of hydrogen-bond acceptors (Lipinski definition) is 5. The minimum atomic E-state index is -3.36. The zero-order chi connectivity index (χ0) is 14.8. The summed E-state index contributed by atoms with van der Waals surface area (Å²) >= 11 is 0. The number of likely N-dealkylation sites (N-methyl/N-ethyl adjacent to an activating group) is 1. The maximum atomic E-state index is 12.0. The van der Waals surface area contributed by atoms with E-state index in [1.807, 2.05) is 14.0 Å². The fraction of sp³-hybridized carbons (Fsp3) is 0.500. The zero-order valence-electron chi connectivity index (χ0n) is 11.9. The van der Waals surface area contributed by atoms with E-state index in [4.69, 9.17) is 0 Å². The minimum Gasteiger partial charge on any atom is -0.350 e. The molecule has 0 spiro atoms. The first kappa shape index (κ1) is 17.7. The maximum absolute atomic E-state index is 12.0. The van der Waals surface area contributed by atoms with E-state index < -0.39 is 10.0 Å². The van der Waals surface area contributed by atoms with E-state index in [1.54, 1.807) is 23.3 Å². The number of carbonyl (C=O) groups is 1. The van der Waals surface area contributed by atoms with Crippen LogP contribution in [0.1, 0.15) is 6.92 Å². The average molecular weight is 335 g/mol. The second-order valence-electron chi connectivity index (χ2n) is 4.75. The summed E-state index contributed by atoms with van der Waals surface area (Å²) in [6.45, 7) is 2.80. The molecule has 1 amide bonds. The predicted octanol–water partition coefficient (Wildman–Crippen LogP) is -0.370. The van der Waals surface area contributed by atoms with Gasteiger partial charge < -0.3 is 15.5 Å². The van der Waals surface area contributed by atoms with Crippen LogP contribution in [0.5, 0.6) is 0 Å². The third kappa shape index (κ3) is 4.55. The average Bonchev–Trinajstić information content (AvgIpc) is 2.42. The molecule has 0 aliphatic carbocycles. The molecule has 0 fully saturated rings. The Kier molecular flexibility index (Phi) is 5.94. The van der Waals surface area contributed by atoms with E-state index in [0.717, 1.165) is 0 Å². The number of hydrogen-bond donors (Lipinski definition) is 2. The summed E-state index contributed by atoms with van der Waals surface area (Å²) in [4.78, 5) is 13.7. The molecule has 0 bridgehead atoms. The number of amides is 1. The van der Waals surface area contributed by atoms with Gasteiger partial charge in [0.05, 0.1) is 11.3 Å². The molecule has 1 atom stereocenters. The molecule has 2 heterocycles. The van der Waals surface area contributed by atoms with Crippen molar-refractivity contribution in [1.29, 1.82) is 0 Å². The molecule has 2 aliphatic heterocycles. The molecule has 0 aromatic rings. The third-order valence-corrected chi connectivity index (χ3v) is 4.31. The highest BCUT2D eigenvalue weighted by Crippen LogP contribution is 2.15. The molecule has 0 saturated heterocycles. The zero-order valence-corrected chi connectivity index (χ0v) is 13.5. The van der Waals surface area contributed by atoms with Crippen molar-refractivity contribution in [3.8, 4) is 0 Å². The molecule has 0 radical (unpaired) electrons. The number of nitrogens with one attached hydrogen (secondary N) is 2. The highest BCUT2D eigenvalue weighted by molar-refractivity contribution is 7.90. The van der Waals surface area contributed by atoms with E-state index in [-0.39, 0.29) is 30.1 Å². The van der Waals surface area contributed by atoms with Crippen molar-refractivity contribution in [2.24, 2.45) is 4.40 Å². The Hall–Kier alpha value is -1.38. The van der Waals surface area contributed by atoms with Gasteiger partial charge in [0, 0.05) is 25.3 Å². The first-order valence-electron chi connectivity index (χ1n) is 6.36. The van der Waals surface area contributed by atoms with Gasteiger partial charge >= 0.3 is 0 Å². The van der Waals surface area contributed by atoms with Gasteiger partial charge in [-0.15, -0.1) is 16.8 Å². The van der Waals surface area contributed by atoms with Gasteiger partial charge in [-0.3, -0.25) is 4.79 Å². The summed E-state index contributed by atoms with van der Waals surface area (Å²) in [5.41, 5.74) is 0.492. The topological polar surface area (TPSA) is 90.9 Å². The van der Waals surface area contributed by atoms with E-state index in [2.05, 4.69) is 15.0 Å². The fourth-order valence-corrected chi connectivity index (χ4v) is 2.75. The summed E-state index contributed by atoms with van der Waals surface area (Å²) in [6.07, 6.45) is 4.76. The second-order valence-corrected chi connectivity index (χ2v) is 6.50. The molecule has 118 valence electrons. The molecule has 2 aliphatic rings. The van der Waals surface area contributed by atoms with Crippen LogP contribution in [0.2, 0.25) is 0 Å². The van der Waals surface area contributed by atoms with Crippen LogP contribution in [0.15, 0.2) is 28.3 Å². The number of sulfonamides is 1. The second kappa shape index (κ2) is 7.06. The Balaban J connectivity index is 0.00000220. The van der Waals surface area contributed by atoms with Crippen LogP contribution in [-0.4, -0.2) is 57.0 Å². The largest absolute Gasteiger partial charge is 0.350 e. The Morgan fingerprint density at radius 3 is 2.86 bits per heavy atom. The smallest absolute Gasteiger partial charge is 0.256 e. The number of fused-ring (bicyclic) bond motifs is 1. The van der Waals surface area contributed by atoms with E-state index in [9.17, 15) is 13.2 Å². The summed E-state index contributed by atoms with van der Waals surface area (Å²) < 4.78 is 26.4. The lowest BCUT2D eigenvalue weighted by Gasteiger charge is -2.27. The number of carbonyl (C=O) groups excluding carboxylic acids is 1. The highest BCUT2D eigenvalue weighted by Gasteiger charge is 2.24. The molecular weight excluding hydrogens is 316 g/mol. The van der Waals surface area contributed by atoms with Crippen LogP contribution in [0.3, 0.4) is 0 Å². The van der Waals surface area contributed by atoms with Gasteiger partial charge in [-0.1, -0.05) is 0 Å². The monoisotopic (exact) mass is 334 g/mol. The van der Waals surface area contributed by atoms with Crippen LogP contribution in [0.25, 0.3) is 0 Å². The van der Waals surface area contributed by atoms with Crippen molar-refractivity contribution < 1.29 is 13.2 Å². The predicted molar refractivity (Wildman–Crippen MR) is 83.9 cm³/mol. The number of amidine groups is 1. The SMILES string of the molecule is CNC(C)CNC(=O)C1=CN2CCS(=O)(=O)N=C2C=C1.Cl. The van der Waals surface area contributed by atoms with E-state index >= 15 is 0 Å². The third-order valence-electron chi connectivity index (χ3n) is 3.15. The van der Waals surface area contributed by atoms with Gasteiger partial charge in [-0.25, -0.2) is 8.42 Å². The lowest BCUT2D eigenvalue weighted by molar-refractivity contribution is -0.117. The van der Waals surface area contributed by atoms with Gasteiger partial charge in [0.25, 0.3) is 15.9 Å². The molecule has 0 aromatic heterocycles. The lowest BCUT2D eigenvalue weighted by atomic mass is 10.1. The molecular formula is C12H19ClN4O3S. The lowest BCUT2D eigenvalue weighted by Crippen LogP contribution is -2.40. The van der Waals surface area contributed by atoms with E-state index in [1.165, 1.54) is 0 Å². The fourth-order valence-electron chi connectivity index (χ4n) is 1.79. The summed E-state index contributed by atoms with van der Waals surface area (Å²) in [6, 6.07) is 0.185. The molecule has 7 nitrogen and oxygen atoms in total. The molecule has 1 unspecified atom stereocenters. The Morgan fingerprint density at radius 1 is 1.48 bits per heavy atom. The van der Waals surface area contributed by atoms with Gasteiger partial charge in [-0.2, -0.15) is 0 Å². The molecule has 21 heavy (non-hydrogen) atoms. The van der Waals surface area contributed by atoms with Crippen molar-refractivity contribution >= 4 is 34.2 Å². The number of rotatable bonds is 4. The van der Waals surface area contributed by atoms with Crippen LogP contribution in [0, 0.1) is 0 Å². The summed E-state index contributed by atoms with van der Waals surface area (Å²) in [7, 11) is -1.53. The highest BCUT2D eigenvalue weighted by atomic mass is 35.5. The van der Waals surface area contributed by atoms with Gasteiger partial charge in [0.15, 0.2) is 0 Å². The first-order valence-corrected chi connectivity index (χ1v) is 7.97. The number of halogens is 1. The van der Waals surface area contributed by atoms with Crippen molar-refractivity contribution in [3.63, 3.8) is 0 Å². The first-order chi connectivity index (χ1) is 9.41. The van der Waals surface area contributed by atoms with Crippen LogP contribution >= 0.6 is 12.4 Å². The minimum absolute atomic E-state index is 0. The number of nitrogens with zero attached hydrogens (tertiary/aromatic N) is 2. The maximum Gasteiger partial charge on any atom is 0.256 e. The van der Waals surface area contributed by atoms with Crippen LogP contribution < -0.4 is 10.6 Å².